The molecule has 0 unspecified atom stereocenters. The van der Waals surface area contributed by atoms with Gasteiger partial charge in [-0.3, -0.25) is 15.1 Å². The number of nitrogens with two attached hydrogens (primary N) is 1. The third kappa shape index (κ3) is 2.99. The Hall–Kier alpha value is -2.05. The Morgan fingerprint density at radius 3 is 2.61 bits per heavy atom. The zero-order valence-corrected chi connectivity index (χ0v) is 9.98. The van der Waals surface area contributed by atoms with Gasteiger partial charge in [0.1, 0.15) is 11.7 Å². The molecule has 0 amide bonds. The smallest absolute Gasteiger partial charge is 0.305 e. The fraction of sp³-hybridized carbons (Fsp3) is 0.364. The lowest BCUT2D eigenvalue weighted by Crippen LogP contribution is -2.19. The van der Waals surface area contributed by atoms with Crippen LogP contribution >= 0.6 is 0 Å². The zero-order chi connectivity index (χ0) is 13.9. The summed E-state index contributed by atoms with van der Waals surface area (Å²) >= 11 is 0. The highest BCUT2D eigenvalue weighted by molar-refractivity contribution is 5.98. The second kappa shape index (κ2) is 5.52. The summed E-state index contributed by atoms with van der Waals surface area (Å²) in [5.74, 6) is -2.48. The molecule has 7 heteroatoms. The second-order valence-electron chi connectivity index (χ2n) is 4.13. The van der Waals surface area contributed by atoms with Gasteiger partial charge in [-0.05, 0) is 12.0 Å². The van der Waals surface area contributed by atoms with E-state index in [0.29, 0.717) is 0 Å². The predicted molar refractivity (Wildman–Crippen MR) is 63.4 cm³/mol. The minimum atomic E-state index is -1.30. The van der Waals surface area contributed by atoms with E-state index in [0.717, 1.165) is 12.1 Å². The Kier molecular flexibility index (Phi) is 4.30. The first kappa shape index (κ1) is 14.0. The number of hydrogen-bond acceptors (Lipinski definition) is 3. The van der Waals surface area contributed by atoms with Crippen LogP contribution in [0.3, 0.4) is 0 Å². The topological polar surface area (TPSA) is 81.5 Å². The lowest BCUT2D eigenvalue weighted by atomic mass is 10.1. The Morgan fingerprint density at radius 2 is 2.11 bits per heavy atom. The normalized spacial score (nSPS) is 11.9. The highest BCUT2D eigenvalue weighted by atomic mass is 19.1. The van der Waals surface area contributed by atoms with E-state index in [4.69, 9.17) is 5.73 Å². The fourth-order valence-electron chi connectivity index (χ4n) is 1.28. The summed E-state index contributed by atoms with van der Waals surface area (Å²) in [7, 11) is 0. The maximum Gasteiger partial charge on any atom is 0.305 e. The van der Waals surface area contributed by atoms with E-state index in [2.05, 4.69) is 4.99 Å². The molecule has 5 nitrogen and oxygen atoms in total. The summed E-state index contributed by atoms with van der Waals surface area (Å²) in [5, 5.41) is 10.5. The first-order chi connectivity index (χ1) is 8.34. The summed E-state index contributed by atoms with van der Waals surface area (Å²) in [6.07, 6.45) is 0. The van der Waals surface area contributed by atoms with Crippen LogP contribution in [0.5, 0.6) is 0 Å². The van der Waals surface area contributed by atoms with E-state index in [-0.39, 0.29) is 18.3 Å². The number of nitrogens with zero attached hydrogens (tertiary/aromatic N) is 2. The molecule has 1 aromatic rings. The molecule has 0 aliphatic carbocycles. The first-order valence-corrected chi connectivity index (χ1v) is 5.27. The van der Waals surface area contributed by atoms with Gasteiger partial charge in [-0.1, -0.05) is 13.8 Å². The number of nitro groups is 1. The second-order valence-corrected chi connectivity index (χ2v) is 4.13. The predicted octanol–water partition coefficient (Wildman–Crippen LogP) is 2.23. The van der Waals surface area contributed by atoms with Gasteiger partial charge in [0.2, 0.25) is 5.82 Å². The zero-order valence-electron chi connectivity index (χ0n) is 9.98. The summed E-state index contributed by atoms with van der Waals surface area (Å²) in [5.41, 5.74) is 3.99. The fourth-order valence-corrected chi connectivity index (χ4v) is 1.28. The molecule has 0 saturated carbocycles. The van der Waals surface area contributed by atoms with Crippen molar-refractivity contribution in [1.29, 1.82) is 0 Å². The van der Waals surface area contributed by atoms with Crippen LogP contribution < -0.4 is 5.73 Å². The average molecular weight is 257 g/mol. The number of hydrogen-bond donors (Lipinski definition) is 1. The lowest BCUT2D eigenvalue weighted by molar-refractivity contribution is -0.387. The monoisotopic (exact) mass is 257 g/mol. The van der Waals surface area contributed by atoms with E-state index in [1.807, 2.05) is 13.8 Å². The van der Waals surface area contributed by atoms with Crippen molar-refractivity contribution in [2.75, 3.05) is 6.54 Å². The number of rotatable bonds is 4. The average Bonchev–Trinajstić information content (AvgIpc) is 2.25. The van der Waals surface area contributed by atoms with Gasteiger partial charge in [-0.15, -0.1) is 0 Å². The molecule has 1 rings (SSSR count). The molecular formula is C11H13F2N3O2. The van der Waals surface area contributed by atoms with Crippen molar-refractivity contribution in [1.82, 2.24) is 0 Å². The number of nitro benzene ring substituents is 1. The van der Waals surface area contributed by atoms with Crippen LogP contribution in [0.2, 0.25) is 0 Å². The van der Waals surface area contributed by atoms with Gasteiger partial charge in [0, 0.05) is 12.6 Å². The van der Waals surface area contributed by atoms with Crippen LogP contribution in [0.15, 0.2) is 17.1 Å². The third-order valence-electron chi connectivity index (χ3n) is 2.15. The van der Waals surface area contributed by atoms with E-state index in [1.165, 1.54) is 0 Å². The molecule has 0 saturated heterocycles. The number of amidine groups is 1. The maximum absolute atomic E-state index is 13.7. The van der Waals surface area contributed by atoms with Crippen molar-refractivity contribution >= 4 is 11.5 Å². The highest BCUT2D eigenvalue weighted by Gasteiger charge is 2.23. The summed E-state index contributed by atoms with van der Waals surface area (Å²) < 4.78 is 27.2. The van der Waals surface area contributed by atoms with Crippen molar-refractivity contribution in [3.05, 3.63) is 39.4 Å². The molecule has 0 aliphatic heterocycles. The lowest BCUT2D eigenvalue weighted by Gasteiger charge is -2.06. The van der Waals surface area contributed by atoms with Crippen LogP contribution in [-0.4, -0.2) is 17.3 Å². The van der Waals surface area contributed by atoms with Gasteiger partial charge < -0.3 is 5.73 Å². The molecule has 0 atom stereocenters. The van der Waals surface area contributed by atoms with Crippen LogP contribution in [0.1, 0.15) is 19.4 Å². The van der Waals surface area contributed by atoms with Gasteiger partial charge in [0.15, 0.2) is 0 Å². The Morgan fingerprint density at radius 1 is 1.50 bits per heavy atom. The van der Waals surface area contributed by atoms with Gasteiger partial charge in [0.25, 0.3) is 0 Å². The summed E-state index contributed by atoms with van der Waals surface area (Å²) in [6, 6.07) is 1.55. The molecule has 0 aromatic heterocycles. The van der Waals surface area contributed by atoms with E-state index >= 15 is 0 Å². The molecule has 0 heterocycles. The quantitative estimate of drug-likeness (QED) is 0.388. The molecule has 98 valence electrons. The number of aliphatic imine (C=N–C) groups is 1. The number of benzene rings is 1. The van der Waals surface area contributed by atoms with Crippen LogP contribution in [0, 0.1) is 27.7 Å². The first-order valence-electron chi connectivity index (χ1n) is 5.27. The highest BCUT2D eigenvalue weighted by Crippen LogP contribution is 2.22. The van der Waals surface area contributed by atoms with Gasteiger partial charge in [-0.2, -0.15) is 4.39 Å². The largest absolute Gasteiger partial charge is 0.383 e. The van der Waals surface area contributed by atoms with E-state index < -0.39 is 27.8 Å². The molecule has 18 heavy (non-hydrogen) atoms. The number of halogens is 2. The molecule has 0 spiro atoms. The Bertz CT molecular complexity index is 501. The third-order valence-corrected chi connectivity index (χ3v) is 2.15. The minimum Gasteiger partial charge on any atom is -0.383 e. The van der Waals surface area contributed by atoms with Gasteiger partial charge in [0.05, 0.1) is 10.5 Å². The molecule has 0 aliphatic rings. The Balaban J connectivity index is 3.27. The molecular weight excluding hydrogens is 244 g/mol. The molecule has 1 aromatic carbocycles. The van der Waals surface area contributed by atoms with Gasteiger partial charge in [-0.25, -0.2) is 4.39 Å². The van der Waals surface area contributed by atoms with Crippen molar-refractivity contribution in [3.8, 4) is 0 Å². The Labute approximate surface area is 102 Å². The van der Waals surface area contributed by atoms with Gasteiger partial charge >= 0.3 is 5.69 Å². The standard InChI is InChI=1S/C11H13F2N3O2/c1-6(2)5-15-11(14)9-7(12)3-4-8(10(9)13)16(17)18/h3-4,6H,5H2,1-2H3,(H2,14,15). The van der Waals surface area contributed by atoms with Crippen molar-refractivity contribution < 1.29 is 13.7 Å². The molecule has 2 N–H and O–H groups in total. The maximum atomic E-state index is 13.7. The van der Waals surface area contributed by atoms with Crippen LogP contribution in [0.4, 0.5) is 14.5 Å². The molecule has 0 radical (unpaired) electrons. The summed E-state index contributed by atoms with van der Waals surface area (Å²) in [6.45, 7) is 4.00. The minimum absolute atomic E-state index is 0.161. The van der Waals surface area contributed by atoms with E-state index in [9.17, 15) is 18.9 Å². The SMILES string of the molecule is CC(C)CN=C(N)c1c(F)ccc([N+](=O)[O-])c1F. The van der Waals surface area contributed by atoms with Crippen molar-refractivity contribution in [3.63, 3.8) is 0 Å². The van der Waals surface area contributed by atoms with Crippen LogP contribution in [-0.2, 0) is 0 Å². The van der Waals surface area contributed by atoms with E-state index in [1.54, 1.807) is 0 Å². The van der Waals surface area contributed by atoms with Crippen molar-refractivity contribution in [2.24, 2.45) is 16.6 Å². The molecule has 0 fully saturated rings. The van der Waals surface area contributed by atoms with Crippen LogP contribution in [0.25, 0.3) is 0 Å². The van der Waals surface area contributed by atoms with Crippen molar-refractivity contribution in [2.45, 2.75) is 13.8 Å². The summed E-state index contributed by atoms with van der Waals surface area (Å²) in [4.78, 5) is 13.4. The molecule has 0 bridgehead atoms.